The number of rotatable bonds is 3. The third-order valence-electron chi connectivity index (χ3n) is 2.58. The van der Waals surface area contributed by atoms with E-state index < -0.39 is 10.8 Å². The Bertz CT molecular complexity index is 735. The summed E-state index contributed by atoms with van der Waals surface area (Å²) in [4.78, 5) is 22.3. The Morgan fingerprint density at radius 1 is 1.05 bits per heavy atom. The topological polar surface area (TPSA) is 72.2 Å². The third kappa shape index (κ3) is 3.64. The van der Waals surface area contributed by atoms with Crippen molar-refractivity contribution in [2.45, 2.75) is 0 Å². The molecular weight excluding hydrogens is 339 g/mol. The molecule has 0 saturated heterocycles. The highest BCUT2D eigenvalue weighted by Crippen LogP contribution is 2.28. The second kappa shape index (κ2) is 6.30. The van der Waals surface area contributed by atoms with Gasteiger partial charge in [-0.05, 0) is 24.3 Å². The molecule has 108 valence electrons. The zero-order valence-corrected chi connectivity index (χ0v) is 12.5. The molecule has 0 aliphatic carbocycles. The number of nitro benzene ring substituents is 1. The van der Waals surface area contributed by atoms with Crippen molar-refractivity contribution < 1.29 is 9.72 Å². The van der Waals surface area contributed by atoms with Crippen molar-refractivity contribution in [3.05, 3.63) is 67.1 Å². The molecule has 1 amide bonds. The van der Waals surface area contributed by atoms with E-state index in [-0.39, 0.29) is 27.0 Å². The molecule has 0 aliphatic heterocycles. The molecule has 0 unspecified atom stereocenters. The van der Waals surface area contributed by atoms with Crippen LogP contribution in [0.2, 0.25) is 15.1 Å². The van der Waals surface area contributed by atoms with E-state index in [1.54, 1.807) is 6.07 Å². The summed E-state index contributed by atoms with van der Waals surface area (Å²) in [6.07, 6.45) is 0. The first-order chi connectivity index (χ1) is 9.88. The SMILES string of the molecule is O=C(Nc1cc([N+](=O)[O-])ccc1Cl)c1cc(Cl)ccc1Cl. The molecule has 21 heavy (non-hydrogen) atoms. The Morgan fingerprint density at radius 2 is 1.71 bits per heavy atom. The molecule has 0 atom stereocenters. The molecule has 0 fully saturated rings. The summed E-state index contributed by atoms with van der Waals surface area (Å²) in [5.41, 5.74) is 0.0746. The van der Waals surface area contributed by atoms with Crippen molar-refractivity contribution in [3.8, 4) is 0 Å². The molecule has 2 aromatic rings. The van der Waals surface area contributed by atoms with E-state index in [2.05, 4.69) is 5.32 Å². The minimum Gasteiger partial charge on any atom is -0.320 e. The van der Waals surface area contributed by atoms with E-state index in [0.717, 1.165) is 0 Å². The Hall–Kier alpha value is -1.82. The second-order valence-electron chi connectivity index (χ2n) is 4.00. The lowest BCUT2D eigenvalue weighted by atomic mass is 10.2. The molecule has 2 aromatic carbocycles. The van der Waals surface area contributed by atoms with E-state index in [4.69, 9.17) is 34.8 Å². The average molecular weight is 346 g/mol. The van der Waals surface area contributed by atoms with Gasteiger partial charge in [0.05, 0.1) is 26.2 Å². The lowest BCUT2D eigenvalue weighted by Gasteiger charge is -2.08. The molecular formula is C13H7Cl3N2O3. The summed E-state index contributed by atoms with van der Waals surface area (Å²) in [7, 11) is 0. The van der Waals surface area contributed by atoms with Crippen LogP contribution in [0.3, 0.4) is 0 Å². The summed E-state index contributed by atoms with van der Waals surface area (Å²) >= 11 is 17.6. The first-order valence-electron chi connectivity index (χ1n) is 5.59. The molecule has 0 aromatic heterocycles. The van der Waals surface area contributed by atoms with Crippen LogP contribution in [0.4, 0.5) is 11.4 Å². The number of halogens is 3. The maximum atomic E-state index is 12.1. The van der Waals surface area contributed by atoms with Gasteiger partial charge in [-0.2, -0.15) is 0 Å². The van der Waals surface area contributed by atoms with Crippen LogP contribution in [0, 0.1) is 10.1 Å². The van der Waals surface area contributed by atoms with Crippen molar-refractivity contribution in [2.24, 2.45) is 0 Å². The third-order valence-corrected chi connectivity index (χ3v) is 3.48. The Kier molecular flexibility index (Phi) is 4.67. The largest absolute Gasteiger partial charge is 0.320 e. The number of nitro groups is 1. The number of anilines is 1. The van der Waals surface area contributed by atoms with Crippen LogP contribution < -0.4 is 5.32 Å². The molecule has 5 nitrogen and oxygen atoms in total. The number of carbonyl (C=O) groups is 1. The van der Waals surface area contributed by atoms with Crippen molar-refractivity contribution >= 4 is 52.1 Å². The second-order valence-corrected chi connectivity index (χ2v) is 5.25. The highest BCUT2D eigenvalue weighted by Gasteiger charge is 2.15. The number of amides is 1. The van der Waals surface area contributed by atoms with E-state index in [0.29, 0.717) is 5.02 Å². The Morgan fingerprint density at radius 3 is 2.38 bits per heavy atom. The zero-order chi connectivity index (χ0) is 15.6. The van der Waals surface area contributed by atoms with Gasteiger partial charge in [0.2, 0.25) is 0 Å². The summed E-state index contributed by atoms with van der Waals surface area (Å²) in [6.45, 7) is 0. The highest BCUT2D eigenvalue weighted by molar-refractivity contribution is 6.37. The monoisotopic (exact) mass is 344 g/mol. The van der Waals surface area contributed by atoms with Gasteiger partial charge in [-0.25, -0.2) is 0 Å². The number of hydrogen-bond donors (Lipinski definition) is 1. The number of carbonyl (C=O) groups excluding carboxylic acids is 1. The van der Waals surface area contributed by atoms with Crippen molar-refractivity contribution in [1.82, 2.24) is 0 Å². The number of hydrogen-bond acceptors (Lipinski definition) is 3. The van der Waals surface area contributed by atoms with Crippen LogP contribution >= 0.6 is 34.8 Å². The number of non-ortho nitro benzene ring substituents is 1. The van der Waals surface area contributed by atoms with Gasteiger partial charge >= 0.3 is 0 Å². The summed E-state index contributed by atoms with van der Waals surface area (Å²) in [6, 6.07) is 8.15. The smallest absolute Gasteiger partial charge is 0.271 e. The van der Waals surface area contributed by atoms with Crippen LogP contribution in [0.25, 0.3) is 0 Å². The van der Waals surface area contributed by atoms with E-state index in [9.17, 15) is 14.9 Å². The fourth-order valence-corrected chi connectivity index (χ4v) is 2.12. The van der Waals surface area contributed by atoms with Crippen LogP contribution in [0.15, 0.2) is 36.4 Å². The summed E-state index contributed by atoms with van der Waals surface area (Å²) in [5.74, 6) is -0.565. The molecule has 8 heteroatoms. The van der Waals surface area contributed by atoms with Gasteiger partial charge in [0.25, 0.3) is 11.6 Å². The van der Waals surface area contributed by atoms with Crippen molar-refractivity contribution in [3.63, 3.8) is 0 Å². The zero-order valence-electron chi connectivity index (χ0n) is 10.3. The van der Waals surface area contributed by atoms with Gasteiger partial charge in [0.1, 0.15) is 0 Å². The van der Waals surface area contributed by atoms with Crippen LogP contribution in [0.5, 0.6) is 0 Å². The quantitative estimate of drug-likeness (QED) is 0.641. The molecule has 0 radical (unpaired) electrons. The summed E-state index contributed by atoms with van der Waals surface area (Å²) < 4.78 is 0. The van der Waals surface area contributed by atoms with E-state index in [1.807, 2.05) is 0 Å². The number of benzene rings is 2. The molecule has 2 rings (SSSR count). The predicted molar refractivity (Wildman–Crippen MR) is 82.5 cm³/mol. The van der Waals surface area contributed by atoms with Gasteiger partial charge in [0.15, 0.2) is 0 Å². The van der Waals surface area contributed by atoms with Crippen molar-refractivity contribution in [1.29, 1.82) is 0 Å². The van der Waals surface area contributed by atoms with Crippen LogP contribution in [-0.4, -0.2) is 10.8 Å². The van der Waals surface area contributed by atoms with Crippen LogP contribution in [0.1, 0.15) is 10.4 Å². The number of nitrogens with one attached hydrogen (secondary N) is 1. The normalized spacial score (nSPS) is 10.2. The number of nitrogens with zero attached hydrogens (tertiary/aromatic N) is 1. The van der Waals surface area contributed by atoms with Gasteiger partial charge in [-0.15, -0.1) is 0 Å². The summed E-state index contributed by atoms with van der Waals surface area (Å²) in [5, 5.41) is 13.9. The fourth-order valence-electron chi connectivity index (χ4n) is 1.58. The van der Waals surface area contributed by atoms with Gasteiger partial charge < -0.3 is 5.32 Å². The highest BCUT2D eigenvalue weighted by atomic mass is 35.5. The van der Waals surface area contributed by atoms with E-state index >= 15 is 0 Å². The maximum absolute atomic E-state index is 12.1. The molecule has 0 heterocycles. The van der Waals surface area contributed by atoms with Crippen LogP contribution in [-0.2, 0) is 0 Å². The first-order valence-corrected chi connectivity index (χ1v) is 6.72. The lowest BCUT2D eigenvalue weighted by molar-refractivity contribution is -0.384. The maximum Gasteiger partial charge on any atom is 0.271 e. The minimum atomic E-state index is -0.585. The Labute approximate surface area is 134 Å². The standard InChI is InChI=1S/C13H7Cl3N2O3/c14-7-1-3-10(15)9(5-7)13(19)17-12-6-8(18(20)21)2-4-11(12)16/h1-6H,(H,17,19). The predicted octanol–water partition coefficient (Wildman–Crippen LogP) is 4.81. The van der Waals surface area contributed by atoms with Crippen molar-refractivity contribution in [2.75, 3.05) is 5.32 Å². The molecule has 0 aliphatic rings. The molecule has 0 saturated carbocycles. The minimum absolute atomic E-state index is 0.118. The van der Waals surface area contributed by atoms with Gasteiger partial charge in [-0.3, -0.25) is 14.9 Å². The molecule has 0 spiro atoms. The fraction of sp³-hybridized carbons (Fsp3) is 0. The molecule has 0 bridgehead atoms. The van der Waals surface area contributed by atoms with E-state index in [1.165, 1.54) is 30.3 Å². The van der Waals surface area contributed by atoms with Gasteiger partial charge in [0, 0.05) is 17.2 Å². The lowest BCUT2D eigenvalue weighted by Crippen LogP contribution is -2.13. The molecule has 1 N–H and O–H groups in total. The average Bonchev–Trinajstić information content (AvgIpc) is 2.43. The van der Waals surface area contributed by atoms with Gasteiger partial charge in [-0.1, -0.05) is 34.8 Å². The first kappa shape index (κ1) is 15.6. The Balaban J connectivity index is 2.33.